The molecule has 25 heavy (non-hydrogen) atoms. The quantitative estimate of drug-likeness (QED) is 0.843. The van der Waals surface area contributed by atoms with Crippen molar-refractivity contribution < 1.29 is 14.3 Å². The van der Waals surface area contributed by atoms with Crippen LogP contribution in [0.2, 0.25) is 0 Å². The molecule has 1 heterocycles. The number of hydrogen-bond donors (Lipinski definition) is 2. The lowest BCUT2D eigenvalue weighted by Gasteiger charge is -2.22. The summed E-state index contributed by atoms with van der Waals surface area (Å²) in [7, 11) is 1.66. The van der Waals surface area contributed by atoms with E-state index in [0.29, 0.717) is 24.2 Å². The van der Waals surface area contributed by atoms with Gasteiger partial charge in [-0.3, -0.25) is 0 Å². The molecule has 2 rings (SSSR count). The first-order valence-electron chi connectivity index (χ1n) is 8.28. The summed E-state index contributed by atoms with van der Waals surface area (Å²) in [6, 6.07) is 4.23. The number of aromatic nitrogens is 2. The number of amides is 2. The number of carbonyl (C=O) groups is 1. The first-order valence-corrected chi connectivity index (χ1v) is 8.28. The van der Waals surface area contributed by atoms with Crippen LogP contribution in [0.4, 0.5) is 9.18 Å². The molecule has 7 heteroatoms. The second kappa shape index (κ2) is 8.11. The minimum absolute atomic E-state index is 0.264. The number of aliphatic hydroxyl groups excluding tert-OH is 1. The summed E-state index contributed by atoms with van der Waals surface area (Å²) in [5.74, 6) is -0.399. The van der Waals surface area contributed by atoms with Gasteiger partial charge in [0.1, 0.15) is 11.5 Å². The maximum absolute atomic E-state index is 14.4. The van der Waals surface area contributed by atoms with Crippen molar-refractivity contribution in [2.24, 2.45) is 0 Å². The normalized spacial score (nSPS) is 13.4. The number of carbonyl (C=O) groups excluding carboxylic acids is 1. The summed E-state index contributed by atoms with van der Waals surface area (Å²) in [5, 5.41) is 16.2. The van der Waals surface area contributed by atoms with Crippen LogP contribution in [0.1, 0.15) is 37.4 Å². The van der Waals surface area contributed by atoms with Crippen LogP contribution in [0.3, 0.4) is 0 Å². The zero-order valence-electron chi connectivity index (χ0n) is 15.0. The second-order valence-electron chi connectivity index (χ2n) is 6.40. The van der Waals surface area contributed by atoms with Crippen molar-refractivity contribution in [2.45, 2.75) is 39.3 Å². The summed E-state index contributed by atoms with van der Waals surface area (Å²) < 4.78 is 15.9. The summed E-state index contributed by atoms with van der Waals surface area (Å²) in [6.45, 7) is 5.82. The Balaban J connectivity index is 2.03. The third-order valence-corrected chi connectivity index (χ3v) is 4.00. The first-order chi connectivity index (χ1) is 11.8. The molecule has 0 bridgehead atoms. The molecule has 0 unspecified atom stereocenters. The molecule has 136 valence electrons. The number of benzene rings is 1. The number of hydrogen-bond acceptors (Lipinski definition) is 3. The molecule has 2 aromatic rings. The Morgan fingerprint density at radius 1 is 1.44 bits per heavy atom. The van der Waals surface area contributed by atoms with Gasteiger partial charge in [-0.2, -0.15) is 5.10 Å². The van der Waals surface area contributed by atoms with E-state index in [0.717, 1.165) is 5.56 Å². The van der Waals surface area contributed by atoms with Gasteiger partial charge in [0.15, 0.2) is 0 Å². The highest BCUT2D eigenvalue weighted by atomic mass is 19.1. The smallest absolute Gasteiger partial charge is 0.317 e. The third-order valence-electron chi connectivity index (χ3n) is 4.00. The summed E-state index contributed by atoms with van der Waals surface area (Å²) in [4.78, 5) is 13.6. The van der Waals surface area contributed by atoms with E-state index in [-0.39, 0.29) is 12.1 Å². The van der Waals surface area contributed by atoms with E-state index in [1.54, 1.807) is 45.4 Å². The van der Waals surface area contributed by atoms with Crippen LogP contribution in [0.5, 0.6) is 0 Å². The standard InChI is InChI=1S/C18H25FN4O2/c1-12-10-20-23(11-12)17-6-5-15(9-16(17)19)14(3)21-18(25)22(4)8-7-13(2)24/h5-6,9-11,13-14,24H,7-8H2,1-4H3,(H,21,25)/t13-,14+/m0/s1. The third kappa shape index (κ3) is 5.03. The molecule has 0 aliphatic heterocycles. The predicted molar refractivity (Wildman–Crippen MR) is 94.1 cm³/mol. The number of urea groups is 1. The van der Waals surface area contributed by atoms with Crippen LogP contribution in [-0.4, -0.2) is 45.5 Å². The SMILES string of the molecule is Cc1cnn(-c2ccc([C@@H](C)NC(=O)N(C)CC[C@H](C)O)cc2F)c1. The average molecular weight is 348 g/mol. The van der Waals surface area contributed by atoms with Gasteiger partial charge in [-0.25, -0.2) is 13.9 Å². The molecule has 0 aliphatic carbocycles. The molecule has 0 saturated heterocycles. The molecular weight excluding hydrogens is 323 g/mol. The van der Waals surface area contributed by atoms with Gasteiger partial charge in [-0.15, -0.1) is 0 Å². The van der Waals surface area contributed by atoms with Crippen molar-refractivity contribution in [3.8, 4) is 5.69 Å². The average Bonchev–Trinajstić information content (AvgIpc) is 2.98. The van der Waals surface area contributed by atoms with Gasteiger partial charge in [0.05, 0.1) is 18.3 Å². The van der Waals surface area contributed by atoms with Gasteiger partial charge in [-0.05, 0) is 50.5 Å². The highest BCUT2D eigenvalue weighted by Gasteiger charge is 2.16. The zero-order valence-corrected chi connectivity index (χ0v) is 15.0. The molecule has 0 spiro atoms. The van der Waals surface area contributed by atoms with Crippen molar-refractivity contribution in [3.63, 3.8) is 0 Å². The van der Waals surface area contributed by atoms with Crippen LogP contribution < -0.4 is 5.32 Å². The highest BCUT2D eigenvalue weighted by Crippen LogP contribution is 2.20. The largest absolute Gasteiger partial charge is 0.393 e. The minimum atomic E-state index is -0.458. The van der Waals surface area contributed by atoms with E-state index in [4.69, 9.17) is 0 Å². The fraction of sp³-hybridized carbons (Fsp3) is 0.444. The lowest BCUT2D eigenvalue weighted by molar-refractivity contribution is 0.162. The highest BCUT2D eigenvalue weighted by molar-refractivity contribution is 5.74. The summed E-state index contributed by atoms with van der Waals surface area (Å²) in [6.07, 6.45) is 3.46. The monoisotopic (exact) mass is 348 g/mol. The van der Waals surface area contributed by atoms with Gasteiger partial charge in [0, 0.05) is 19.8 Å². The van der Waals surface area contributed by atoms with Gasteiger partial charge in [0.25, 0.3) is 0 Å². The van der Waals surface area contributed by atoms with E-state index in [2.05, 4.69) is 10.4 Å². The van der Waals surface area contributed by atoms with E-state index in [1.165, 1.54) is 15.6 Å². The van der Waals surface area contributed by atoms with Crippen LogP contribution in [0, 0.1) is 12.7 Å². The van der Waals surface area contributed by atoms with E-state index in [1.807, 2.05) is 6.92 Å². The molecule has 0 radical (unpaired) electrons. The molecule has 2 atom stereocenters. The molecular formula is C18H25FN4O2. The lowest BCUT2D eigenvalue weighted by Crippen LogP contribution is -2.39. The Kier molecular flexibility index (Phi) is 6.14. The molecule has 0 saturated carbocycles. The number of aryl methyl sites for hydroxylation is 1. The van der Waals surface area contributed by atoms with E-state index in [9.17, 15) is 14.3 Å². The number of nitrogens with zero attached hydrogens (tertiary/aromatic N) is 3. The fourth-order valence-electron chi connectivity index (χ4n) is 2.38. The molecule has 6 nitrogen and oxygen atoms in total. The second-order valence-corrected chi connectivity index (χ2v) is 6.40. The van der Waals surface area contributed by atoms with E-state index >= 15 is 0 Å². The van der Waals surface area contributed by atoms with Gasteiger partial charge in [0.2, 0.25) is 0 Å². The molecule has 0 fully saturated rings. The molecule has 2 amide bonds. The number of halogens is 1. The van der Waals surface area contributed by atoms with Crippen LogP contribution >= 0.6 is 0 Å². The van der Waals surface area contributed by atoms with Crippen LogP contribution in [0.15, 0.2) is 30.6 Å². The maximum atomic E-state index is 14.4. The van der Waals surface area contributed by atoms with Crippen molar-refractivity contribution in [3.05, 3.63) is 47.5 Å². The first kappa shape index (κ1) is 18.9. The van der Waals surface area contributed by atoms with Crippen molar-refractivity contribution in [1.82, 2.24) is 20.0 Å². The summed E-state index contributed by atoms with van der Waals surface area (Å²) in [5.41, 5.74) is 1.98. The number of nitrogens with one attached hydrogen (secondary N) is 1. The summed E-state index contributed by atoms with van der Waals surface area (Å²) >= 11 is 0. The van der Waals surface area contributed by atoms with Crippen LogP contribution in [-0.2, 0) is 0 Å². The maximum Gasteiger partial charge on any atom is 0.317 e. The number of aliphatic hydroxyl groups is 1. The van der Waals surface area contributed by atoms with Gasteiger partial charge < -0.3 is 15.3 Å². The molecule has 1 aromatic heterocycles. The lowest BCUT2D eigenvalue weighted by atomic mass is 10.1. The molecule has 0 aliphatic rings. The predicted octanol–water partition coefficient (Wildman–Crippen LogP) is 2.79. The molecule has 2 N–H and O–H groups in total. The Morgan fingerprint density at radius 3 is 2.72 bits per heavy atom. The Labute approximate surface area is 147 Å². The van der Waals surface area contributed by atoms with Crippen molar-refractivity contribution >= 4 is 6.03 Å². The van der Waals surface area contributed by atoms with Gasteiger partial charge in [-0.1, -0.05) is 6.07 Å². The number of rotatable bonds is 6. The zero-order chi connectivity index (χ0) is 18.6. The van der Waals surface area contributed by atoms with Crippen LogP contribution in [0.25, 0.3) is 5.69 Å². The Hall–Kier alpha value is -2.41. The Morgan fingerprint density at radius 2 is 2.16 bits per heavy atom. The van der Waals surface area contributed by atoms with E-state index < -0.39 is 11.9 Å². The molecule has 1 aromatic carbocycles. The van der Waals surface area contributed by atoms with Gasteiger partial charge >= 0.3 is 6.03 Å². The van der Waals surface area contributed by atoms with Crippen molar-refractivity contribution in [1.29, 1.82) is 0 Å². The Bertz CT molecular complexity index is 730. The topological polar surface area (TPSA) is 70.4 Å². The van der Waals surface area contributed by atoms with Crippen molar-refractivity contribution in [2.75, 3.05) is 13.6 Å². The minimum Gasteiger partial charge on any atom is -0.393 e. The fourth-order valence-corrected chi connectivity index (χ4v) is 2.38.